The quantitative estimate of drug-likeness (QED) is 0.919. The Balaban J connectivity index is 1.84. The molecule has 1 aromatic carbocycles. The van der Waals surface area contributed by atoms with E-state index in [1.54, 1.807) is 0 Å². The van der Waals surface area contributed by atoms with E-state index in [0.29, 0.717) is 0 Å². The molecule has 0 saturated carbocycles. The van der Waals surface area contributed by atoms with Crippen LogP contribution in [0.2, 0.25) is 0 Å². The second kappa shape index (κ2) is 6.53. The highest BCUT2D eigenvalue weighted by molar-refractivity contribution is 9.10. The van der Waals surface area contributed by atoms with Crippen molar-refractivity contribution in [1.29, 1.82) is 0 Å². The second-order valence-corrected chi connectivity index (χ2v) is 5.85. The van der Waals surface area contributed by atoms with Crippen molar-refractivity contribution in [2.45, 2.75) is 19.4 Å². The molecule has 1 saturated heterocycles. The lowest BCUT2D eigenvalue weighted by molar-refractivity contribution is 0.237. The van der Waals surface area contributed by atoms with Gasteiger partial charge in [-0.3, -0.25) is 0 Å². The Labute approximate surface area is 113 Å². The third-order valence-corrected chi connectivity index (χ3v) is 4.14. The minimum absolute atomic E-state index is 0.816. The summed E-state index contributed by atoms with van der Waals surface area (Å²) >= 11 is 3.61. The molecule has 0 aromatic heterocycles. The van der Waals surface area contributed by atoms with Crippen LogP contribution in [0.5, 0.6) is 0 Å². The Morgan fingerprint density at radius 2 is 2.24 bits per heavy atom. The van der Waals surface area contributed by atoms with Crippen LogP contribution in [-0.4, -0.2) is 31.6 Å². The summed E-state index contributed by atoms with van der Waals surface area (Å²) in [5.74, 6) is 0.816. The molecule has 0 amide bonds. The number of benzene rings is 1. The summed E-state index contributed by atoms with van der Waals surface area (Å²) in [5.41, 5.74) is 1.37. The van der Waals surface area contributed by atoms with E-state index in [1.165, 1.54) is 42.5 Å². The van der Waals surface area contributed by atoms with E-state index in [1.807, 2.05) is 0 Å². The van der Waals surface area contributed by atoms with Crippen molar-refractivity contribution in [2.24, 2.45) is 5.92 Å². The first-order valence-electron chi connectivity index (χ1n) is 6.38. The normalized spacial score (nSPS) is 20.8. The average molecular weight is 297 g/mol. The fraction of sp³-hybridized carbons (Fsp3) is 0.571. The fourth-order valence-electron chi connectivity index (χ4n) is 2.50. The van der Waals surface area contributed by atoms with Crippen molar-refractivity contribution in [3.63, 3.8) is 0 Å². The highest BCUT2D eigenvalue weighted by atomic mass is 79.9. The molecule has 0 aliphatic carbocycles. The van der Waals surface area contributed by atoms with Crippen LogP contribution in [0.15, 0.2) is 28.7 Å². The second-order valence-electron chi connectivity index (χ2n) is 5.00. The van der Waals surface area contributed by atoms with Crippen molar-refractivity contribution in [1.82, 2.24) is 10.2 Å². The Kier molecular flexibility index (Phi) is 5.01. The SMILES string of the molecule is CN(Cc1ccccc1Br)CC1CCCNC1. The zero-order chi connectivity index (χ0) is 12.1. The molecule has 0 bridgehead atoms. The molecule has 2 rings (SSSR count). The maximum atomic E-state index is 3.61. The lowest BCUT2D eigenvalue weighted by Gasteiger charge is -2.27. The van der Waals surface area contributed by atoms with Crippen molar-refractivity contribution in [3.8, 4) is 0 Å². The molecular weight excluding hydrogens is 276 g/mol. The molecule has 1 N–H and O–H groups in total. The molecule has 0 spiro atoms. The summed E-state index contributed by atoms with van der Waals surface area (Å²) in [6.45, 7) is 4.59. The van der Waals surface area contributed by atoms with Gasteiger partial charge in [0.25, 0.3) is 0 Å². The van der Waals surface area contributed by atoms with Crippen molar-refractivity contribution >= 4 is 15.9 Å². The molecule has 1 aliphatic heterocycles. The molecule has 1 aromatic rings. The van der Waals surface area contributed by atoms with Crippen LogP contribution in [0.3, 0.4) is 0 Å². The molecule has 1 atom stereocenters. The standard InChI is InChI=1S/C14H21BrN2/c1-17(10-12-5-4-8-16-9-12)11-13-6-2-3-7-14(13)15/h2-3,6-7,12,16H,4-5,8-11H2,1H3. The van der Waals surface area contributed by atoms with E-state index >= 15 is 0 Å². The lowest BCUT2D eigenvalue weighted by Crippen LogP contribution is -2.36. The Bertz CT molecular complexity index is 348. The largest absolute Gasteiger partial charge is 0.316 e. The van der Waals surface area contributed by atoms with Gasteiger partial charge in [-0.1, -0.05) is 34.1 Å². The fourth-order valence-corrected chi connectivity index (χ4v) is 2.91. The van der Waals surface area contributed by atoms with Gasteiger partial charge < -0.3 is 10.2 Å². The minimum Gasteiger partial charge on any atom is -0.316 e. The van der Waals surface area contributed by atoms with Crippen LogP contribution in [0.25, 0.3) is 0 Å². The third kappa shape index (κ3) is 4.09. The molecule has 94 valence electrons. The number of nitrogens with zero attached hydrogens (tertiary/aromatic N) is 1. The topological polar surface area (TPSA) is 15.3 Å². The number of hydrogen-bond acceptors (Lipinski definition) is 2. The zero-order valence-electron chi connectivity index (χ0n) is 10.5. The summed E-state index contributed by atoms with van der Waals surface area (Å²) in [7, 11) is 2.22. The molecule has 17 heavy (non-hydrogen) atoms. The predicted octanol–water partition coefficient (Wildman–Crippen LogP) is 2.88. The van der Waals surface area contributed by atoms with Crippen molar-refractivity contribution < 1.29 is 0 Å². The van der Waals surface area contributed by atoms with Gasteiger partial charge in [0.05, 0.1) is 0 Å². The van der Waals surface area contributed by atoms with Gasteiger partial charge in [0.1, 0.15) is 0 Å². The highest BCUT2D eigenvalue weighted by Gasteiger charge is 2.15. The van der Waals surface area contributed by atoms with E-state index in [9.17, 15) is 0 Å². The number of hydrogen-bond donors (Lipinski definition) is 1. The van der Waals surface area contributed by atoms with Gasteiger partial charge in [-0.15, -0.1) is 0 Å². The average Bonchev–Trinajstić information content (AvgIpc) is 2.33. The summed E-state index contributed by atoms with van der Waals surface area (Å²) in [6.07, 6.45) is 2.70. The zero-order valence-corrected chi connectivity index (χ0v) is 12.0. The van der Waals surface area contributed by atoms with Crippen LogP contribution in [0, 0.1) is 5.92 Å². The van der Waals surface area contributed by atoms with E-state index in [0.717, 1.165) is 12.5 Å². The number of piperidine rings is 1. The van der Waals surface area contributed by atoms with Gasteiger partial charge in [0.2, 0.25) is 0 Å². The van der Waals surface area contributed by atoms with E-state index in [4.69, 9.17) is 0 Å². The van der Waals surface area contributed by atoms with Crippen molar-refractivity contribution in [2.75, 3.05) is 26.7 Å². The summed E-state index contributed by atoms with van der Waals surface area (Å²) < 4.78 is 1.22. The number of halogens is 1. The van der Waals surface area contributed by atoms with Crippen LogP contribution >= 0.6 is 15.9 Å². The Hall–Kier alpha value is -0.380. The molecule has 1 aliphatic rings. The number of rotatable bonds is 4. The van der Waals surface area contributed by atoms with Gasteiger partial charge in [-0.05, 0) is 50.5 Å². The smallest absolute Gasteiger partial charge is 0.0242 e. The summed E-state index contributed by atoms with van der Waals surface area (Å²) in [6, 6.07) is 8.49. The predicted molar refractivity (Wildman–Crippen MR) is 76.1 cm³/mol. The lowest BCUT2D eigenvalue weighted by atomic mass is 9.99. The van der Waals surface area contributed by atoms with Crippen molar-refractivity contribution in [3.05, 3.63) is 34.3 Å². The van der Waals surface area contributed by atoms with Crippen LogP contribution in [0.4, 0.5) is 0 Å². The maximum absolute atomic E-state index is 3.61. The highest BCUT2D eigenvalue weighted by Crippen LogP contribution is 2.18. The van der Waals surface area contributed by atoms with Gasteiger partial charge in [0, 0.05) is 17.6 Å². The Morgan fingerprint density at radius 1 is 1.41 bits per heavy atom. The van der Waals surface area contributed by atoms with Gasteiger partial charge in [-0.2, -0.15) is 0 Å². The molecular formula is C14H21BrN2. The molecule has 0 radical (unpaired) electrons. The molecule has 1 heterocycles. The van der Waals surface area contributed by atoms with Crippen LogP contribution in [0.1, 0.15) is 18.4 Å². The van der Waals surface area contributed by atoms with Gasteiger partial charge >= 0.3 is 0 Å². The van der Waals surface area contributed by atoms with Crippen LogP contribution in [-0.2, 0) is 6.54 Å². The maximum Gasteiger partial charge on any atom is 0.0242 e. The first-order valence-corrected chi connectivity index (χ1v) is 7.17. The van der Waals surface area contributed by atoms with Gasteiger partial charge in [-0.25, -0.2) is 0 Å². The Morgan fingerprint density at radius 3 is 2.94 bits per heavy atom. The third-order valence-electron chi connectivity index (χ3n) is 3.37. The summed E-state index contributed by atoms with van der Waals surface area (Å²) in [4.78, 5) is 2.43. The van der Waals surface area contributed by atoms with Gasteiger partial charge in [0.15, 0.2) is 0 Å². The first-order chi connectivity index (χ1) is 8.25. The molecule has 2 nitrogen and oxygen atoms in total. The molecule has 1 fully saturated rings. The molecule has 3 heteroatoms. The number of nitrogens with one attached hydrogen (secondary N) is 1. The first kappa shape index (κ1) is 13.1. The van der Waals surface area contributed by atoms with E-state index < -0.39 is 0 Å². The van der Waals surface area contributed by atoms with Crippen LogP contribution < -0.4 is 5.32 Å². The summed E-state index contributed by atoms with van der Waals surface area (Å²) in [5, 5.41) is 3.48. The molecule has 1 unspecified atom stereocenters. The van der Waals surface area contributed by atoms with E-state index in [2.05, 4.69) is 57.5 Å². The van der Waals surface area contributed by atoms with E-state index in [-0.39, 0.29) is 0 Å². The minimum atomic E-state index is 0.816. The monoisotopic (exact) mass is 296 g/mol.